The van der Waals surface area contributed by atoms with Crippen LogP contribution in [0.3, 0.4) is 0 Å². The topological polar surface area (TPSA) is 24.4 Å². The molecule has 0 fully saturated rings. The molecule has 0 atom stereocenters. The van der Waals surface area contributed by atoms with Crippen LogP contribution < -0.4 is 5.32 Å². The predicted molar refractivity (Wildman–Crippen MR) is 81.4 cm³/mol. The van der Waals surface area contributed by atoms with Crippen molar-refractivity contribution in [2.75, 3.05) is 12.4 Å². The minimum Gasteiger partial charge on any atom is -0.355 e. The summed E-state index contributed by atoms with van der Waals surface area (Å²) in [6.07, 6.45) is 5.31. The summed E-state index contributed by atoms with van der Waals surface area (Å²) in [5, 5.41) is 3.37. The molecule has 0 saturated heterocycles. The first-order valence-corrected chi connectivity index (χ1v) is 5.88. The number of anilines is 1. The molecule has 1 aromatic carbocycles. The van der Waals surface area contributed by atoms with E-state index in [0.29, 0.717) is 0 Å². The zero-order valence-corrected chi connectivity index (χ0v) is 11.3. The van der Waals surface area contributed by atoms with Crippen molar-refractivity contribution in [1.82, 2.24) is 0 Å². The number of rotatable bonds is 5. The Kier molecular flexibility index (Phi) is 5.12. The summed E-state index contributed by atoms with van der Waals surface area (Å²) in [4.78, 5) is 4.02. The van der Waals surface area contributed by atoms with Gasteiger partial charge in [0.25, 0.3) is 0 Å². The molecular formula is C16H20N2. The second-order valence-electron chi connectivity index (χ2n) is 4.11. The van der Waals surface area contributed by atoms with Crippen molar-refractivity contribution in [2.45, 2.75) is 13.8 Å². The van der Waals surface area contributed by atoms with E-state index in [1.807, 2.05) is 0 Å². The quantitative estimate of drug-likeness (QED) is 0.609. The first kappa shape index (κ1) is 14.0. The van der Waals surface area contributed by atoms with Gasteiger partial charge in [0.2, 0.25) is 0 Å². The molecule has 1 aromatic rings. The summed E-state index contributed by atoms with van der Waals surface area (Å²) in [5.74, 6) is 0. The normalized spacial score (nSPS) is 12.2. The van der Waals surface area contributed by atoms with E-state index in [-0.39, 0.29) is 0 Å². The molecule has 0 unspecified atom stereocenters. The molecule has 0 amide bonds. The lowest BCUT2D eigenvalue weighted by Gasteiger charge is -2.13. The summed E-state index contributed by atoms with van der Waals surface area (Å²) in [6.45, 7) is 11.8. The Morgan fingerprint density at radius 3 is 2.50 bits per heavy atom. The van der Waals surface area contributed by atoms with E-state index in [4.69, 9.17) is 0 Å². The number of benzene rings is 1. The summed E-state index contributed by atoms with van der Waals surface area (Å²) in [6, 6.07) is 6.31. The minimum absolute atomic E-state index is 0.907. The fourth-order valence-corrected chi connectivity index (χ4v) is 1.63. The summed E-state index contributed by atoms with van der Waals surface area (Å²) in [5.41, 5.74) is 5.32. The minimum atomic E-state index is 0.907. The van der Waals surface area contributed by atoms with Gasteiger partial charge in [0.15, 0.2) is 0 Å². The summed E-state index contributed by atoms with van der Waals surface area (Å²) in [7, 11) is 1.74. The number of hydrogen-bond acceptors (Lipinski definition) is 2. The van der Waals surface area contributed by atoms with Gasteiger partial charge in [0.05, 0.1) is 0 Å². The van der Waals surface area contributed by atoms with Crippen LogP contribution in [0.2, 0.25) is 0 Å². The second-order valence-corrected chi connectivity index (χ2v) is 4.11. The number of hydrogen-bond donors (Lipinski definition) is 1. The Morgan fingerprint density at radius 2 is 1.94 bits per heavy atom. The van der Waals surface area contributed by atoms with E-state index in [0.717, 1.165) is 17.0 Å². The van der Waals surface area contributed by atoms with Crippen molar-refractivity contribution >= 4 is 11.9 Å². The van der Waals surface area contributed by atoms with Crippen molar-refractivity contribution in [3.8, 4) is 0 Å². The van der Waals surface area contributed by atoms with E-state index in [9.17, 15) is 0 Å². The first-order chi connectivity index (χ1) is 8.62. The van der Waals surface area contributed by atoms with Gasteiger partial charge in [-0.1, -0.05) is 31.4 Å². The van der Waals surface area contributed by atoms with Gasteiger partial charge < -0.3 is 5.32 Å². The van der Waals surface area contributed by atoms with Crippen LogP contribution in [0.1, 0.15) is 11.1 Å². The van der Waals surface area contributed by atoms with E-state index >= 15 is 0 Å². The maximum Gasteiger partial charge on any atom is 0.0467 e. The van der Waals surface area contributed by atoms with E-state index in [1.54, 1.807) is 25.4 Å². The Hall–Kier alpha value is -2.09. The Balaban J connectivity index is 3.17. The van der Waals surface area contributed by atoms with Gasteiger partial charge in [-0.2, -0.15) is 0 Å². The third-order valence-corrected chi connectivity index (χ3v) is 2.67. The molecule has 2 nitrogen and oxygen atoms in total. The SMILES string of the molecule is C=C/C(C=NC)=C(\C=C)Nc1cc(C)ccc1C. The van der Waals surface area contributed by atoms with E-state index in [1.165, 1.54) is 11.1 Å². The van der Waals surface area contributed by atoms with Gasteiger partial charge in [0.1, 0.15) is 0 Å². The molecule has 0 saturated carbocycles. The van der Waals surface area contributed by atoms with Crippen LogP contribution in [0.4, 0.5) is 5.69 Å². The van der Waals surface area contributed by atoms with Gasteiger partial charge in [-0.15, -0.1) is 0 Å². The van der Waals surface area contributed by atoms with Crippen LogP contribution in [0.15, 0.2) is 59.8 Å². The Labute approximate surface area is 109 Å². The molecule has 2 heteroatoms. The smallest absolute Gasteiger partial charge is 0.0467 e. The lowest BCUT2D eigenvalue weighted by atomic mass is 10.1. The van der Waals surface area contributed by atoms with Crippen molar-refractivity contribution in [1.29, 1.82) is 0 Å². The van der Waals surface area contributed by atoms with Crippen LogP contribution in [-0.2, 0) is 0 Å². The molecule has 0 heterocycles. The highest BCUT2D eigenvalue weighted by molar-refractivity contribution is 5.85. The zero-order chi connectivity index (χ0) is 13.5. The van der Waals surface area contributed by atoms with Gasteiger partial charge in [-0.25, -0.2) is 0 Å². The monoisotopic (exact) mass is 240 g/mol. The lowest BCUT2D eigenvalue weighted by molar-refractivity contribution is 1.34. The number of allylic oxidation sites excluding steroid dienone is 3. The Bertz CT molecular complexity index is 508. The molecule has 0 aliphatic carbocycles. The molecule has 0 aliphatic heterocycles. The van der Waals surface area contributed by atoms with Crippen molar-refractivity contribution in [3.63, 3.8) is 0 Å². The van der Waals surface area contributed by atoms with Crippen LogP contribution >= 0.6 is 0 Å². The van der Waals surface area contributed by atoms with Crippen LogP contribution in [0.5, 0.6) is 0 Å². The van der Waals surface area contributed by atoms with Crippen LogP contribution in [0.25, 0.3) is 0 Å². The number of aliphatic imine (C=N–C) groups is 1. The third kappa shape index (κ3) is 3.45. The number of nitrogens with zero attached hydrogens (tertiary/aromatic N) is 1. The highest BCUT2D eigenvalue weighted by Crippen LogP contribution is 2.19. The van der Waals surface area contributed by atoms with Gasteiger partial charge in [-0.3, -0.25) is 4.99 Å². The maximum atomic E-state index is 4.02. The van der Waals surface area contributed by atoms with Crippen LogP contribution in [-0.4, -0.2) is 13.3 Å². The number of nitrogens with one attached hydrogen (secondary N) is 1. The molecule has 0 radical (unpaired) electrons. The van der Waals surface area contributed by atoms with Gasteiger partial charge in [-0.05, 0) is 37.1 Å². The molecule has 0 aliphatic rings. The fraction of sp³-hybridized carbons (Fsp3) is 0.188. The molecule has 94 valence electrons. The average molecular weight is 240 g/mol. The second kappa shape index (κ2) is 6.60. The molecule has 1 rings (SSSR count). The summed E-state index contributed by atoms with van der Waals surface area (Å²) < 4.78 is 0. The largest absolute Gasteiger partial charge is 0.355 e. The van der Waals surface area contributed by atoms with Crippen molar-refractivity contribution in [3.05, 3.63) is 65.9 Å². The third-order valence-electron chi connectivity index (χ3n) is 2.67. The zero-order valence-electron chi connectivity index (χ0n) is 11.3. The summed E-state index contributed by atoms with van der Waals surface area (Å²) >= 11 is 0. The van der Waals surface area contributed by atoms with Crippen molar-refractivity contribution in [2.24, 2.45) is 4.99 Å². The van der Waals surface area contributed by atoms with Gasteiger partial charge in [0, 0.05) is 30.2 Å². The standard InChI is InChI=1S/C16H20N2/c1-6-14(11-17-5)15(7-2)18-16-10-12(3)8-9-13(16)4/h6-11,18H,1-2H2,3-5H3/b15-14-,17-11?. The molecule has 0 spiro atoms. The lowest BCUT2D eigenvalue weighted by Crippen LogP contribution is -2.03. The molecular weight excluding hydrogens is 220 g/mol. The highest BCUT2D eigenvalue weighted by Gasteiger charge is 2.02. The van der Waals surface area contributed by atoms with Crippen molar-refractivity contribution < 1.29 is 0 Å². The maximum absolute atomic E-state index is 4.02. The fourth-order valence-electron chi connectivity index (χ4n) is 1.63. The molecule has 1 N–H and O–H groups in total. The molecule has 0 bridgehead atoms. The van der Waals surface area contributed by atoms with Crippen LogP contribution in [0, 0.1) is 13.8 Å². The average Bonchev–Trinajstić information content (AvgIpc) is 2.37. The number of aryl methyl sites for hydroxylation is 2. The Morgan fingerprint density at radius 1 is 1.22 bits per heavy atom. The predicted octanol–water partition coefficient (Wildman–Crippen LogP) is 4.04. The molecule has 18 heavy (non-hydrogen) atoms. The first-order valence-electron chi connectivity index (χ1n) is 5.88. The van der Waals surface area contributed by atoms with E-state index in [2.05, 4.69) is 55.5 Å². The van der Waals surface area contributed by atoms with Gasteiger partial charge >= 0.3 is 0 Å². The highest BCUT2D eigenvalue weighted by atomic mass is 14.9. The molecule has 0 aromatic heterocycles. The van der Waals surface area contributed by atoms with E-state index < -0.39 is 0 Å².